The number of carbonyl (C=O) groups excluding carboxylic acids is 1. The molecule has 6 heteroatoms. The van der Waals surface area contributed by atoms with Gasteiger partial charge in [-0.05, 0) is 49.9 Å². The van der Waals surface area contributed by atoms with Crippen molar-refractivity contribution in [2.24, 2.45) is 0 Å². The third-order valence-corrected chi connectivity index (χ3v) is 6.60. The van der Waals surface area contributed by atoms with E-state index < -0.39 is 12.0 Å². The molecule has 31 heavy (non-hydrogen) atoms. The summed E-state index contributed by atoms with van der Waals surface area (Å²) in [6.07, 6.45) is 1.44. The molecule has 1 unspecified atom stereocenters. The quantitative estimate of drug-likeness (QED) is 0.399. The van der Waals surface area contributed by atoms with Crippen LogP contribution >= 0.6 is 11.3 Å². The van der Waals surface area contributed by atoms with Crippen LogP contribution in [0.2, 0.25) is 0 Å². The van der Waals surface area contributed by atoms with Crippen molar-refractivity contribution < 1.29 is 9.53 Å². The van der Waals surface area contributed by atoms with Crippen LogP contribution in [0.25, 0.3) is 21.3 Å². The summed E-state index contributed by atoms with van der Waals surface area (Å²) in [7, 11) is 0. The average molecular weight is 433 g/mol. The first-order valence-corrected chi connectivity index (χ1v) is 11.0. The number of benzene rings is 2. The van der Waals surface area contributed by atoms with E-state index in [9.17, 15) is 9.59 Å². The Bertz CT molecular complexity index is 1320. The molecule has 0 aliphatic rings. The van der Waals surface area contributed by atoms with Crippen LogP contribution in [0.15, 0.2) is 59.7 Å². The van der Waals surface area contributed by atoms with Gasteiger partial charge in [0.15, 0.2) is 0 Å². The molecular formula is C25H24N2O3S. The van der Waals surface area contributed by atoms with E-state index in [1.807, 2.05) is 43.3 Å². The van der Waals surface area contributed by atoms with Crippen LogP contribution < -0.4 is 5.56 Å². The van der Waals surface area contributed by atoms with Gasteiger partial charge in [0.1, 0.15) is 17.5 Å². The van der Waals surface area contributed by atoms with Crippen molar-refractivity contribution in [3.05, 3.63) is 86.8 Å². The summed E-state index contributed by atoms with van der Waals surface area (Å²) >= 11 is 1.49. The molecule has 0 spiro atoms. The maximum Gasteiger partial charge on any atom is 0.329 e. The molecule has 2 aromatic carbocycles. The van der Waals surface area contributed by atoms with Gasteiger partial charge < -0.3 is 4.74 Å². The number of nitrogens with zero attached hydrogens (tertiary/aromatic N) is 2. The van der Waals surface area contributed by atoms with Crippen molar-refractivity contribution >= 4 is 27.5 Å². The largest absolute Gasteiger partial charge is 0.459 e. The van der Waals surface area contributed by atoms with Gasteiger partial charge in [-0.15, -0.1) is 11.3 Å². The highest BCUT2D eigenvalue weighted by molar-refractivity contribution is 7.19. The fourth-order valence-electron chi connectivity index (χ4n) is 3.60. The van der Waals surface area contributed by atoms with Crippen molar-refractivity contribution in [3.8, 4) is 11.1 Å². The van der Waals surface area contributed by atoms with Crippen LogP contribution in [-0.4, -0.2) is 15.5 Å². The van der Waals surface area contributed by atoms with E-state index >= 15 is 0 Å². The summed E-state index contributed by atoms with van der Waals surface area (Å²) in [5.74, 6) is -0.466. The summed E-state index contributed by atoms with van der Waals surface area (Å²) in [5, 5.41) is 0.552. The summed E-state index contributed by atoms with van der Waals surface area (Å²) in [4.78, 5) is 32.3. The zero-order chi connectivity index (χ0) is 22.1. The zero-order valence-corrected chi connectivity index (χ0v) is 18.8. The fourth-order valence-corrected chi connectivity index (χ4v) is 4.60. The van der Waals surface area contributed by atoms with Crippen LogP contribution in [0.1, 0.15) is 34.5 Å². The van der Waals surface area contributed by atoms with Gasteiger partial charge in [0.05, 0.1) is 11.7 Å². The number of hydrogen-bond acceptors (Lipinski definition) is 5. The summed E-state index contributed by atoms with van der Waals surface area (Å²) in [6.45, 7) is 7.95. The van der Waals surface area contributed by atoms with Crippen LogP contribution in [0.3, 0.4) is 0 Å². The average Bonchev–Trinajstić information content (AvgIpc) is 3.11. The van der Waals surface area contributed by atoms with Crippen molar-refractivity contribution in [3.63, 3.8) is 0 Å². The number of carbonyl (C=O) groups is 1. The first-order valence-electron chi connectivity index (χ1n) is 10.1. The summed E-state index contributed by atoms with van der Waals surface area (Å²) < 4.78 is 6.80. The molecule has 0 saturated heterocycles. The number of hydrogen-bond donors (Lipinski definition) is 0. The number of rotatable bonds is 5. The Morgan fingerprint density at radius 2 is 1.84 bits per heavy atom. The smallest absolute Gasteiger partial charge is 0.329 e. The predicted molar refractivity (Wildman–Crippen MR) is 124 cm³/mol. The van der Waals surface area contributed by atoms with Gasteiger partial charge in [-0.1, -0.05) is 48.5 Å². The summed E-state index contributed by atoms with van der Waals surface area (Å²) in [5.41, 5.74) is 4.91. The molecule has 0 radical (unpaired) electrons. The molecular weight excluding hydrogens is 408 g/mol. The van der Waals surface area contributed by atoms with Crippen molar-refractivity contribution in [2.75, 3.05) is 0 Å². The molecule has 2 aromatic heterocycles. The van der Waals surface area contributed by atoms with E-state index in [-0.39, 0.29) is 12.2 Å². The van der Waals surface area contributed by atoms with Crippen LogP contribution in [0.4, 0.5) is 0 Å². The van der Waals surface area contributed by atoms with Crippen LogP contribution in [-0.2, 0) is 16.1 Å². The second-order valence-corrected chi connectivity index (χ2v) is 8.94. The molecule has 0 fully saturated rings. The summed E-state index contributed by atoms with van der Waals surface area (Å²) in [6, 6.07) is 14.9. The first kappa shape index (κ1) is 21.0. The Kier molecular flexibility index (Phi) is 5.74. The highest BCUT2D eigenvalue weighted by atomic mass is 32.1. The number of fused-ring (bicyclic) bond motifs is 1. The van der Waals surface area contributed by atoms with Gasteiger partial charge >= 0.3 is 5.97 Å². The lowest BCUT2D eigenvalue weighted by Gasteiger charge is -2.14. The fraction of sp³-hybridized carbons (Fsp3) is 0.240. The minimum atomic E-state index is -0.777. The van der Waals surface area contributed by atoms with E-state index in [0.29, 0.717) is 10.2 Å². The Balaban J connectivity index is 1.71. The normalized spacial score (nSPS) is 12.1. The number of thiophene rings is 1. The van der Waals surface area contributed by atoms with Gasteiger partial charge in [0.25, 0.3) is 5.56 Å². The van der Waals surface area contributed by atoms with E-state index in [4.69, 9.17) is 4.74 Å². The van der Waals surface area contributed by atoms with E-state index in [0.717, 1.165) is 21.6 Å². The lowest BCUT2D eigenvalue weighted by Crippen LogP contribution is -2.29. The van der Waals surface area contributed by atoms with Gasteiger partial charge in [0, 0.05) is 10.4 Å². The van der Waals surface area contributed by atoms with E-state index in [2.05, 4.69) is 31.0 Å². The second kappa shape index (κ2) is 8.47. The molecule has 0 amide bonds. The third kappa shape index (κ3) is 4.03. The number of esters is 1. The molecule has 0 N–H and O–H groups in total. The highest BCUT2D eigenvalue weighted by Crippen LogP contribution is 2.36. The molecule has 0 bridgehead atoms. The molecule has 0 aliphatic carbocycles. The number of ether oxygens (including phenoxy) is 1. The minimum absolute atomic E-state index is 0.167. The topological polar surface area (TPSA) is 61.2 Å². The van der Waals surface area contributed by atoms with E-state index in [1.165, 1.54) is 33.4 Å². The SMILES string of the molecule is Cc1ccc(-c2c(C)sc3ncn(C(C)C(=O)OCc4ccccc4)c(=O)c23)cc1C. The molecule has 0 saturated carbocycles. The Labute approximate surface area is 185 Å². The second-order valence-electron chi connectivity index (χ2n) is 7.74. The molecule has 2 heterocycles. The van der Waals surface area contributed by atoms with Crippen molar-refractivity contribution in [1.29, 1.82) is 0 Å². The maximum atomic E-state index is 13.4. The highest BCUT2D eigenvalue weighted by Gasteiger charge is 2.23. The minimum Gasteiger partial charge on any atom is -0.459 e. The molecule has 4 aromatic rings. The Morgan fingerprint density at radius 3 is 2.55 bits per heavy atom. The van der Waals surface area contributed by atoms with Crippen molar-refractivity contribution in [1.82, 2.24) is 9.55 Å². The standard InChI is InChI=1S/C25H24N2O3S/c1-15-10-11-20(12-16(15)2)21-18(4)31-23-22(21)24(28)27(14-26-23)17(3)25(29)30-13-19-8-6-5-7-9-19/h5-12,14,17H,13H2,1-4H3. The number of aromatic nitrogens is 2. The van der Waals surface area contributed by atoms with Gasteiger partial charge in [-0.3, -0.25) is 9.36 Å². The third-order valence-electron chi connectivity index (χ3n) is 5.59. The van der Waals surface area contributed by atoms with Crippen LogP contribution in [0.5, 0.6) is 0 Å². The maximum absolute atomic E-state index is 13.4. The van der Waals surface area contributed by atoms with Gasteiger partial charge in [0.2, 0.25) is 0 Å². The zero-order valence-electron chi connectivity index (χ0n) is 18.0. The van der Waals surface area contributed by atoms with Gasteiger partial charge in [-0.2, -0.15) is 0 Å². The molecule has 0 aliphatic heterocycles. The molecule has 4 rings (SSSR count). The van der Waals surface area contributed by atoms with Crippen molar-refractivity contribution in [2.45, 2.75) is 40.3 Å². The lowest BCUT2D eigenvalue weighted by atomic mass is 9.99. The first-order chi connectivity index (χ1) is 14.9. The van der Waals surface area contributed by atoms with Gasteiger partial charge in [-0.25, -0.2) is 9.78 Å². The van der Waals surface area contributed by atoms with E-state index in [1.54, 1.807) is 6.92 Å². The molecule has 5 nitrogen and oxygen atoms in total. The Morgan fingerprint density at radius 1 is 1.10 bits per heavy atom. The lowest BCUT2D eigenvalue weighted by molar-refractivity contribution is -0.148. The molecule has 1 atom stereocenters. The molecule has 158 valence electrons. The monoisotopic (exact) mass is 432 g/mol. The van der Waals surface area contributed by atoms with Crippen LogP contribution in [0, 0.1) is 20.8 Å². The predicted octanol–water partition coefficient (Wildman–Crippen LogP) is 5.35. The number of aryl methyl sites for hydroxylation is 3. The Hall–Kier alpha value is -3.25.